The van der Waals surface area contributed by atoms with E-state index in [4.69, 9.17) is 9.78 Å². The normalized spacial score (nSPS) is 11.0. The zero-order valence-corrected chi connectivity index (χ0v) is 17.8. The third-order valence-electron chi connectivity index (χ3n) is 4.89. The molecule has 1 heterocycles. The lowest BCUT2D eigenvalue weighted by Gasteiger charge is -2.27. The van der Waals surface area contributed by atoms with Crippen LogP contribution in [0, 0.1) is 11.3 Å². The van der Waals surface area contributed by atoms with Gasteiger partial charge in [0.1, 0.15) is 0 Å². The van der Waals surface area contributed by atoms with E-state index in [9.17, 15) is 4.79 Å². The largest absolute Gasteiger partial charge is 0.339 e. The Morgan fingerprint density at radius 1 is 1.13 bits per heavy atom. The molecule has 1 amide bonds. The molecule has 30 heavy (non-hydrogen) atoms. The van der Waals surface area contributed by atoms with Gasteiger partial charge in [-0.15, -0.1) is 0 Å². The number of rotatable bonds is 7. The molecule has 0 spiro atoms. The Balaban J connectivity index is 1.68. The Bertz CT molecular complexity index is 1050. The van der Waals surface area contributed by atoms with Gasteiger partial charge in [-0.1, -0.05) is 49.3 Å². The zero-order chi connectivity index (χ0) is 21.7. The molecule has 154 valence electrons. The lowest BCUT2D eigenvalue weighted by atomic mass is 10.0. The van der Waals surface area contributed by atoms with Crippen LogP contribution in [-0.4, -0.2) is 22.1 Å². The molecule has 0 saturated carbocycles. The van der Waals surface area contributed by atoms with Crippen LogP contribution in [0.1, 0.15) is 57.1 Å². The highest BCUT2D eigenvalue weighted by Gasteiger charge is 2.20. The highest BCUT2D eigenvalue weighted by molar-refractivity contribution is 5.94. The third-order valence-corrected chi connectivity index (χ3v) is 4.89. The van der Waals surface area contributed by atoms with Crippen LogP contribution in [0.2, 0.25) is 0 Å². The van der Waals surface area contributed by atoms with E-state index in [1.54, 1.807) is 23.1 Å². The van der Waals surface area contributed by atoms with E-state index in [0.29, 0.717) is 35.3 Å². The van der Waals surface area contributed by atoms with Crippen LogP contribution in [0.3, 0.4) is 0 Å². The Morgan fingerprint density at radius 3 is 2.50 bits per heavy atom. The van der Waals surface area contributed by atoms with Crippen molar-refractivity contribution >= 4 is 11.6 Å². The first-order valence-corrected chi connectivity index (χ1v) is 10.1. The van der Waals surface area contributed by atoms with Crippen LogP contribution in [0.25, 0.3) is 11.4 Å². The van der Waals surface area contributed by atoms with Crippen molar-refractivity contribution in [3.8, 4) is 17.5 Å². The number of nitriles is 1. The van der Waals surface area contributed by atoms with Gasteiger partial charge in [-0.05, 0) is 43.5 Å². The Kier molecular flexibility index (Phi) is 6.63. The fourth-order valence-corrected chi connectivity index (χ4v) is 3.28. The van der Waals surface area contributed by atoms with Gasteiger partial charge in [0, 0.05) is 30.1 Å². The molecule has 0 fully saturated rings. The van der Waals surface area contributed by atoms with Gasteiger partial charge in [-0.2, -0.15) is 10.2 Å². The second kappa shape index (κ2) is 9.36. The summed E-state index contributed by atoms with van der Waals surface area (Å²) in [6.07, 6.45) is 0.597. The molecular formula is C24H26N4O2. The predicted octanol–water partition coefficient (Wildman–Crippen LogP) is 5.11. The van der Waals surface area contributed by atoms with Crippen LogP contribution in [-0.2, 0) is 11.2 Å². The molecule has 6 nitrogen and oxygen atoms in total. The van der Waals surface area contributed by atoms with E-state index in [1.165, 1.54) is 5.56 Å². The lowest BCUT2D eigenvalue weighted by molar-refractivity contribution is -0.119. The van der Waals surface area contributed by atoms with Gasteiger partial charge in [-0.3, -0.25) is 4.79 Å². The van der Waals surface area contributed by atoms with Crippen LogP contribution in [0.4, 0.5) is 5.69 Å². The summed E-state index contributed by atoms with van der Waals surface area (Å²) in [7, 11) is 0. The fraction of sp³-hybridized carbons (Fsp3) is 0.333. The van der Waals surface area contributed by atoms with Crippen molar-refractivity contribution in [1.29, 1.82) is 5.26 Å². The third kappa shape index (κ3) is 4.93. The minimum atomic E-state index is -0.0545. The molecule has 3 aromatic rings. The van der Waals surface area contributed by atoms with Crippen molar-refractivity contribution in [3.63, 3.8) is 0 Å². The number of hydrogen-bond donors (Lipinski definition) is 0. The number of carbonyl (C=O) groups is 1. The summed E-state index contributed by atoms with van der Waals surface area (Å²) >= 11 is 0. The minimum absolute atomic E-state index is 0.0378. The molecule has 0 unspecified atom stereocenters. The number of amides is 1. The lowest BCUT2D eigenvalue weighted by Crippen LogP contribution is -2.37. The van der Waals surface area contributed by atoms with Crippen molar-refractivity contribution in [1.82, 2.24) is 10.1 Å². The minimum Gasteiger partial charge on any atom is -0.339 e. The van der Waals surface area contributed by atoms with E-state index in [1.807, 2.05) is 32.0 Å². The molecule has 0 aliphatic carbocycles. The Labute approximate surface area is 177 Å². The van der Waals surface area contributed by atoms with E-state index in [2.05, 4.69) is 42.2 Å². The second-order valence-electron chi connectivity index (χ2n) is 7.81. The first-order chi connectivity index (χ1) is 14.4. The molecule has 0 saturated heterocycles. The van der Waals surface area contributed by atoms with Crippen molar-refractivity contribution in [2.45, 2.75) is 52.5 Å². The first-order valence-electron chi connectivity index (χ1n) is 10.1. The van der Waals surface area contributed by atoms with E-state index in [-0.39, 0.29) is 18.4 Å². The monoisotopic (exact) mass is 402 g/mol. The van der Waals surface area contributed by atoms with Gasteiger partial charge in [0.15, 0.2) is 0 Å². The van der Waals surface area contributed by atoms with Crippen molar-refractivity contribution in [2.24, 2.45) is 0 Å². The number of benzene rings is 2. The summed E-state index contributed by atoms with van der Waals surface area (Å²) in [5.74, 6) is 1.36. The number of aryl methyl sites for hydroxylation is 1. The highest BCUT2D eigenvalue weighted by atomic mass is 16.5. The van der Waals surface area contributed by atoms with Crippen LogP contribution < -0.4 is 4.90 Å². The summed E-state index contributed by atoms with van der Waals surface area (Å²) < 4.78 is 5.35. The second-order valence-corrected chi connectivity index (χ2v) is 7.81. The molecule has 0 N–H and O–H groups in total. The first kappa shape index (κ1) is 21.3. The highest BCUT2D eigenvalue weighted by Crippen LogP contribution is 2.22. The van der Waals surface area contributed by atoms with Crippen LogP contribution in [0.5, 0.6) is 0 Å². The molecule has 3 rings (SSSR count). The Morgan fingerprint density at radius 2 is 1.87 bits per heavy atom. The zero-order valence-electron chi connectivity index (χ0n) is 17.8. The molecule has 1 aromatic heterocycles. The maximum absolute atomic E-state index is 12.9. The topological polar surface area (TPSA) is 83.0 Å². The number of nitrogens with zero attached hydrogens (tertiary/aromatic N) is 4. The average Bonchev–Trinajstić information content (AvgIpc) is 3.21. The molecule has 0 aliphatic rings. The van der Waals surface area contributed by atoms with Gasteiger partial charge < -0.3 is 9.42 Å². The molecule has 2 aromatic carbocycles. The molecule has 0 radical (unpaired) electrons. The maximum atomic E-state index is 12.9. The van der Waals surface area contributed by atoms with Gasteiger partial charge in [0.25, 0.3) is 0 Å². The average molecular weight is 402 g/mol. The van der Waals surface area contributed by atoms with Gasteiger partial charge in [0.05, 0.1) is 11.6 Å². The summed E-state index contributed by atoms with van der Waals surface area (Å²) in [5, 5.41) is 13.2. The van der Waals surface area contributed by atoms with E-state index in [0.717, 1.165) is 5.56 Å². The molecule has 0 atom stereocenters. The van der Waals surface area contributed by atoms with Crippen molar-refractivity contribution in [3.05, 3.63) is 65.5 Å². The van der Waals surface area contributed by atoms with E-state index < -0.39 is 0 Å². The summed E-state index contributed by atoms with van der Waals surface area (Å²) in [5.41, 5.74) is 3.38. The summed E-state index contributed by atoms with van der Waals surface area (Å²) in [6, 6.07) is 17.2. The standard InChI is InChI=1S/C24H26N4O2/c1-16(2)19-8-10-20(11-9-19)24-26-22(30-27-24)12-13-23(29)28(17(3)4)21-7-5-6-18(14-21)15-25/h5-11,14,16-17H,12-13H2,1-4H3. The number of anilines is 1. The number of hydrogen-bond acceptors (Lipinski definition) is 5. The quantitative estimate of drug-likeness (QED) is 0.549. The molecule has 6 heteroatoms. The van der Waals surface area contributed by atoms with Crippen LogP contribution in [0.15, 0.2) is 53.1 Å². The fourth-order valence-electron chi connectivity index (χ4n) is 3.28. The molecule has 0 bridgehead atoms. The summed E-state index contributed by atoms with van der Waals surface area (Å²) in [6.45, 7) is 8.19. The molecular weight excluding hydrogens is 376 g/mol. The molecule has 0 aliphatic heterocycles. The van der Waals surface area contributed by atoms with Gasteiger partial charge >= 0.3 is 0 Å². The van der Waals surface area contributed by atoms with Crippen molar-refractivity contribution in [2.75, 3.05) is 4.90 Å². The number of aromatic nitrogens is 2. The summed E-state index contributed by atoms with van der Waals surface area (Å²) in [4.78, 5) is 19.0. The van der Waals surface area contributed by atoms with E-state index >= 15 is 0 Å². The smallest absolute Gasteiger partial charge is 0.227 e. The van der Waals surface area contributed by atoms with Gasteiger partial charge in [-0.25, -0.2) is 0 Å². The van der Waals surface area contributed by atoms with Gasteiger partial charge in [0.2, 0.25) is 17.6 Å². The predicted molar refractivity (Wildman–Crippen MR) is 116 cm³/mol. The maximum Gasteiger partial charge on any atom is 0.227 e. The van der Waals surface area contributed by atoms with Crippen molar-refractivity contribution < 1.29 is 9.32 Å². The SMILES string of the molecule is CC(C)c1ccc(-c2noc(CCC(=O)N(c3cccc(C#N)c3)C(C)C)n2)cc1. The number of carbonyl (C=O) groups excluding carboxylic acids is 1. The van der Waals surface area contributed by atoms with Crippen LogP contribution >= 0.6 is 0 Å². The Hall–Kier alpha value is -3.46.